The molecule has 1 N–H and O–H groups in total. The second-order valence-electron chi connectivity index (χ2n) is 5.51. The first-order valence-corrected chi connectivity index (χ1v) is 5.61. The van der Waals surface area contributed by atoms with Gasteiger partial charge in [-0.1, -0.05) is 40.7 Å². The molecule has 0 saturated carbocycles. The van der Waals surface area contributed by atoms with E-state index in [0.29, 0.717) is 11.5 Å². The molecule has 0 saturated heterocycles. The molecule has 0 radical (unpaired) electrons. The van der Waals surface area contributed by atoms with Gasteiger partial charge in [0.1, 0.15) is 0 Å². The lowest BCUT2D eigenvalue weighted by atomic mass is 9.80. The first kappa shape index (κ1) is 12.8. The normalized spacial score (nSPS) is 11.9. The molecule has 0 atom stereocenters. The summed E-state index contributed by atoms with van der Waals surface area (Å²) in [5.74, 6) is -0.446. The Morgan fingerprint density at radius 3 is 2.19 bits per heavy atom. The Bertz CT molecular complexity index is 398. The van der Waals surface area contributed by atoms with Crippen molar-refractivity contribution >= 4 is 5.97 Å². The SMILES string of the molecule is CC(C)c1ccc(C(=O)O)cc1C(C)(C)C. The number of carbonyl (C=O) groups is 1. The average Bonchev–Trinajstić information content (AvgIpc) is 2.15. The molecule has 0 heterocycles. The standard InChI is InChI=1S/C14H20O2/c1-9(2)11-7-6-10(13(15)16)8-12(11)14(3,4)5/h6-9H,1-5H3,(H,15,16). The van der Waals surface area contributed by atoms with Crippen LogP contribution in [0.5, 0.6) is 0 Å². The number of carboxylic acids is 1. The highest BCUT2D eigenvalue weighted by atomic mass is 16.4. The van der Waals surface area contributed by atoms with Gasteiger partial charge in [-0.05, 0) is 34.6 Å². The number of hydrogen-bond acceptors (Lipinski definition) is 1. The van der Waals surface area contributed by atoms with Gasteiger partial charge in [-0.2, -0.15) is 0 Å². The Hall–Kier alpha value is -1.31. The molecular formula is C14H20O2. The summed E-state index contributed by atoms with van der Waals surface area (Å²) in [6.45, 7) is 10.6. The number of rotatable bonds is 2. The fourth-order valence-electron chi connectivity index (χ4n) is 1.84. The van der Waals surface area contributed by atoms with E-state index >= 15 is 0 Å². The Balaban J connectivity index is 3.39. The van der Waals surface area contributed by atoms with Crippen molar-refractivity contribution in [3.8, 4) is 0 Å². The summed E-state index contributed by atoms with van der Waals surface area (Å²) in [7, 11) is 0. The van der Waals surface area contributed by atoms with Crippen molar-refractivity contribution in [3.05, 3.63) is 34.9 Å². The van der Waals surface area contributed by atoms with Crippen molar-refractivity contribution < 1.29 is 9.90 Å². The third kappa shape index (κ3) is 2.63. The molecule has 1 aromatic rings. The third-order valence-corrected chi connectivity index (χ3v) is 2.73. The van der Waals surface area contributed by atoms with Crippen LogP contribution >= 0.6 is 0 Å². The maximum Gasteiger partial charge on any atom is 0.335 e. The summed E-state index contributed by atoms with van der Waals surface area (Å²) in [6, 6.07) is 5.43. The molecule has 0 fully saturated rings. The maximum atomic E-state index is 11.0. The molecule has 0 aliphatic rings. The van der Waals surface area contributed by atoms with Gasteiger partial charge in [-0.15, -0.1) is 0 Å². The second-order valence-corrected chi connectivity index (χ2v) is 5.51. The highest BCUT2D eigenvalue weighted by Crippen LogP contribution is 2.31. The van der Waals surface area contributed by atoms with E-state index in [1.165, 1.54) is 5.56 Å². The van der Waals surface area contributed by atoms with E-state index in [1.54, 1.807) is 12.1 Å². The van der Waals surface area contributed by atoms with Crippen LogP contribution in [0.4, 0.5) is 0 Å². The van der Waals surface area contributed by atoms with Crippen molar-refractivity contribution in [3.63, 3.8) is 0 Å². The molecule has 0 aromatic heterocycles. The van der Waals surface area contributed by atoms with Gasteiger partial charge in [0.25, 0.3) is 0 Å². The lowest BCUT2D eigenvalue weighted by molar-refractivity contribution is 0.0696. The van der Waals surface area contributed by atoms with Crippen LogP contribution in [0.25, 0.3) is 0 Å². The zero-order valence-electron chi connectivity index (χ0n) is 10.7. The Kier molecular flexibility index (Phi) is 3.41. The van der Waals surface area contributed by atoms with E-state index < -0.39 is 5.97 Å². The molecule has 2 nitrogen and oxygen atoms in total. The summed E-state index contributed by atoms with van der Waals surface area (Å²) < 4.78 is 0. The summed E-state index contributed by atoms with van der Waals surface area (Å²) >= 11 is 0. The van der Waals surface area contributed by atoms with Crippen LogP contribution in [0, 0.1) is 0 Å². The largest absolute Gasteiger partial charge is 0.478 e. The molecule has 0 spiro atoms. The zero-order valence-corrected chi connectivity index (χ0v) is 10.7. The van der Waals surface area contributed by atoms with Crippen LogP contribution in [0.15, 0.2) is 18.2 Å². The molecule has 88 valence electrons. The van der Waals surface area contributed by atoms with Crippen molar-refractivity contribution in [1.82, 2.24) is 0 Å². The molecule has 0 amide bonds. The van der Waals surface area contributed by atoms with E-state index in [1.807, 2.05) is 6.07 Å². The fourth-order valence-corrected chi connectivity index (χ4v) is 1.84. The minimum absolute atomic E-state index is 0.0228. The van der Waals surface area contributed by atoms with Crippen molar-refractivity contribution in [2.24, 2.45) is 0 Å². The number of benzene rings is 1. The van der Waals surface area contributed by atoms with Gasteiger partial charge in [0.15, 0.2) is 0 Å². The summed E-state index contributed by atoms with van der Waals surface area (Å²) in [6.07, 6.45) is 0. The molecule has 1 rings (SSSR count). The molecule has 1 aromatic carbocycles. The average molecular weight is 220 g/mol. The maximum absolute atomic E-state index is 11.0. The minimum atomic E-state index is -0.860. The topological polar surface area (TPSA) is 37.3 Å². The monoisotopic (exact) mass is 220 g/mol. The number of hydrogen-bond donors (Lipinski definition) is 1. The van der Waals surface area contributed by atoms with Crippen LogP contribution < -0.4 is 0 Å². The lowest BCUT2D eigenvalue weighted by Gasteiger charge is -2.25. The molecule has 0 aliphatic carbocycles. The van der Waals surface area contributed by atoms with E-state index in [9.17, 15) is 4.79 Å². The predicted octanol–water partition coefficient (Wildman–Crippen LogP) is 3.81. The molecule has 16 heavy (non-hydrogen) atoms. The van der Waals surface area contributed by atoms with E-state index in [4.69, 9.17) is 5.11 Å². The molecular weight excluding hydrogens is 200 g/mol. The predicted molar refractivity (Wildman–Crippen MR) is 66.2 cm³/mol. The van der Waals surface area contributed by atoms with Gasteiger partial charge in [0.2, 0.25) is 0 Å². The second kappa shape index (κ2) is 4.28. The smallest absolute Gasteiger partial charge is 0.335 e. The van der Waals surface area contributed by atoms with Crippen LogP contribution in [0.1, 0.15) is 62.0 Å². The minimum Gasteiger partial charge on any atom is -0.478 e. The summed E-state index contributed by atoms with van der Waals surface area (Å²) in [4.78, 5) is 11.0. The van der Waals surface area contributed by atoms with Crippen molar-refractivity contribution in [2.75, 3.05) is 0 Å². The molecule has 0 aliphatic heterocycles. The number of carboxylic acid groups (broad SMARTS) is 1. The zero-order chi connectivity index (χ0) is 12.5. The van der Waals surface area contributed by atoms with Gasteiger partial charge in [-0.25, -0.2) is 4.79 Å². The lowest BCUT2D eigenvalue weighted by Crippen LogP contribution is -2.16. The van der Waals surface area contributed by atoms with Gasteiger partial charge in [0.05, 0.1) is 5.56 Å². The number of aromatic carboxylic acids is 1. The van der Waals surface area contributed by atoms with Gasteiger partial charge in [0, 0.05) is 0 Å². The van der Waals surface area contributed by atoms with Gasteiger partial charge in [-0.3, -0.25) is 0 Å². The van der Waals surface area contributed by atoms with Crippen LogP contribution in [-0.4, -0.2) is 11.1 Å². The quantitative estimate of drug-likeness (QED) is 0.823. The first-order valence-electron chi connectivity index (χ1n) is 5.61. The van der Waals surface area contributed by atoms with Crippen molar-refractivity contribution in [1.29, 1.82) is 0 Å². The van der Waals surface area contributed by atoms with Crippen LogP contribution in [-0.2, 0) is 5.41 Å². The molecule has 0 unspecified atom stereocenters. The molecule has 0 bridgehead atoms. The fraction of sp³-hybridized carbons (Fsp3) is 0.500. The summed E-state index contributed by atoms with van der Waals surface area (Å²) in [5, 5.41) is 9.00. The van der Waals surface area contributed by atoms with E-state index in [2.05, 4.69) is 34.6 Å². The van der Waals surface area contributed by atoms with Crippen LogP contribution in [0.2, 0.25) is 0 Å². The highest BCUT2D eigenvalue weighted by molar-refractivity contribution is 5.88. The third-order valence-electron chi connectivity index (χ3n) is 2.73. The first-order chi connectivity index (χ1) is 7.23. The molecule has 2 heteroatoms. The highest BCUT2D eigenvalue weighted by Gasteiger charge is 2.20. The van der Waals surface area contributed by atoms with E-state index in [0.717, 1.165) is 5.56 Å². The van der Waals surface area contributed by atoms with Crippen LogP contribution in [0.3, 0.4) is 0 Å². The van der Waals surface area contributed by atoms with Gasteiger partial charge < -0.3 is 5.11 Å². The Morgan fingerprint density at radius 2 is 1.81 bits per heavy atom. The Labute approximate surface area is 97.3 Å². The van der Waals surface area contributed by atoms with Crippen molar-refractivity contribution in [2.45, 2.75) is 46.0 Å². The summed E-state index contributed by atoms with van der Waals surface area (Å²) in [5.41, 5.74) is 2.71. The van der Waals surface area contributed by atoms with E-state index in [-0.39, 0.29) is 5.41 Å². The van der Waals surface area contributed by atoms with Gasteiger partial charge >= 0.3 is 5.97 Å². The Morgan fingerprint density at radius 1 is 1.25 bits per heavy atom.